The van der Waals surface area contributed by atoms with Crippen LogP contribution in [0.5, 0.6) is 0 Å². The number of halogens is 17. The van der Waals surface area contributed by atoms with Gasteiger partial charge in [-0.15, -0.1) is 0 Å². The average molecular weight is 580 g/mol. The van der Waals surface area contributed by atoms with Crippen molar-refractivity contribution in [2.75, 3.05) is 6.61 Å². The first-order valence-electron chi connectivity index (χ1n) is 8.56. The van der Waals surface area contributed by atoms with Crippen LogP contribution in [0.15, 0.2) is 0 Å². The number of alkyl halides is 17. The fourth-order valence-corrected chi connectivity index (χ4v) is 26.9. The molecule has 1 nitrogen and oxygen atoms in total. The molecule has 0 N–H and O–H groups in total. The molecular weight excluding hydrogens is 567 g/mol. The van der Waals surface area contributed by atoms with E-state index in [-0.39, 0.29) is 0 Å². The van der Waals surface area contributed by atoms with Crippen molar-refractivity contribution in [1.29, 1.82) is 0 Å². The second-order valence-electron chi connectivity index (χ2n) is 7.26. The zero-order chi connectivity index (χ0) is 26.7. The first-order valence-corrected chi connectivity index (χ1v) is 17.9. The fraction of sp³-hybridized carbons (Fsp3) is 1.00. The molecule has 0 aliphatic carbocycles. The van der Waals surface area contributed by atoms with E-state index >= 15 is 0 Å². The lowest BCUT2D eigenvalue weighted by Crippen LogP contribution is -2.78. The molecule has 1 aliphatic rings. The van der Waals surface area contributed by atoms with Crippen LogP contribution in [0.25, 0.3) is 0 Å². The Morgan fingerprint density at radius 2 is 0.970 bits per heavy atom. The van der Waals surface area contributed by atoms with Crippen LogP contribution < -0.4 is 0 Å². The van der Waals surface area contributed by atoms with Crippen molar-refractivity contribution in [3.8, 4) is 0 Å². The molecule has 1 rings (SSSR count). The lowest BCUT2D eigenvalue weighted by atomic mass is 9.91. The average Bonchev–Trinajstić information content (AvgIpc) is 2.66. The molecule has 1 unspecified atom stereocenters. The maximum atomic E-state index is 14.6. The van der Waals surface area contributed by atoms with Crippen LogP contribution in [0.1, 0.15) is 6.92 Å². The standard InChI is InChI=1S/C12H13F17OSi3/c1-2-33(4-3-30-31-32-33)12(28,29)10(23,24)8(19,20)6(15,16)5(13,14)7(17,18)9(21,22)11(25,26)27/h2-4,31-32H2,1H3. The Morgan fingerprint density at radius 3 is 1.27 bits per heavy atom. The van der Waals surface area contributed by atoms with E-state index in [1.165, 1.54) is 0 Å². The summed E-state index contributed by atoms with van der Waals surface area (Å²) in [4.78, 5) is 0. The van der Waals surface area contributed by atoms with Gasteiger partial charge in [0.25, 0.3) is 5.55 Å². The predicted octanol–water partition coefficient (Wildman–Crippen LogP) is 4.70. The van der Waals surface area contributed by atoms with E-state index in [1.54, 1.807) is 0 Å². The molecular formula is C12H13F17OSi3. The van der Waals surface area contributed by atoms with Gasteiger partial charge in [-0.1, -0.05) is 13.0 Å². The topological polar surface area (TPSA) is 9.23 Å². The highest BCUT2D eigenvalue weighted by atomic mass is 29.6. The highest BCUT2D eigenvalue weighted by Crippen LogP contribution is 2.64. The van der Waals surface area contributed by atoms with Gasteiger partial charge in [0.1, 0.15) is 16.9 Å². The Hall–Kier alpha value is -0.579. The van der Waals surface area contributed by atoms with Gasteiger partial charge in [0.15, 0.2) is 0 Å². The molecule has 0 aromatic heterocycles. The summed E-state index contributed by atoms with van der Waals surface area (Å²) in [6.45, 7) is 0.130. The highest BCUT2D eigenvalue weighted by molar-refractivity contribution is 7.43. The summed E-state index contributed by atoms with van der Waals surface area (Å²) in [6.07, 6.45) is -7.74. The summed E-state index contributed by atoms with van der Waals surface area (Å²) >= 11 is 0. The normalized spacial score (nSPS) is 24.5. The lowest BCUT2D eigenvalue weighted by molar-refractivity contribution is -0.458. The largest absolute Gasteiger partial charge is 0.460 e. The first-order chi connectivity index (χ1) is 14.3. The van der Waals surface area contributed by atoms with Crippen LogP contribution in [0, 0.1) is 0 Å². The van der Waals surface area contributed by atoms with E-state index in [1.807, 2.05) is 0 Å². The third kappa shape index (κ3) is 3.82. The van der Waals surface area contributed by atoms with Crippen molar-refractivity contribution in [3.05, 3.63) is 0 Å². The molecule has 0 radical (unpaired) electrons. The molecule has 21 heteroatoms. The molecule has 1 atom stereocenters. The monoisotopic (exact) mass is 580 g/mol. The van der Waals surface area contributed by atoms with Crippen LogP contribution in [-0.4, -0.2) is 79.3 Å². The van der Waals surface area contributed by atoms with E-state index in [4.69, 9.17) is 4.43 Å². The Morgan fingerprint density at radius 1 is 0.606 bits per heavy atom. The zero-order valence-electron chi connectivity index (χ0n) is 15.9. The van der Waals surface area contributed by atoms with Crippen LogP contribution in [0.3, 0.4) is 0 Å². The minimum Gasteiger partial charge on any atom is -0.428 e. The third-order valence-electron chi connectivity index (χ3n) is 5.51. The number of rotatable bonds is 8. The van der Waals surface area contributed by atoms with Crippen molar-refractivity contribution in [2.24, 2.45) is 0 Å². The van der Waals surface area contributed by atoms with Crippen LogP contribution in [-0.2, 0) is 4.43 Å². The summed E-state index contributed by atoms with van der Waals surface area (Å²) < 4.78 is 233. The fourth-order valence-electron chi connectivity index (χ4n) is 3.15. The van der Waals surface area contributed by atoms with Gasteiger partial charge < -0.3 is 4.43 Å². The second-order valence-corrected chi connectivity index (χ2v) is 24.3. The van der Waals surface area contributed by atoms with Crippen molar-refractivity contribution >= 4 is 25.4 Å². The van der Waals surface area contributed by atoms with Gasteiger partial charge in [-0.2, -0.15) is 65.9 Å². The SMILES string of the molecule is CC[Si]1(C(F)(F)C(F)(F)C(F)(F)C(F)(F)C(F)(F)C(F)(F)C(F)(F)C(F)(F)F)CCO[SiH2][SiH2]1. The van der Waals surface area contributed by atoms with Crippen LogP contribution >= 0.6 is 0 Å². The Kier molecular flexibility index (Phi) is 7.60. The molecule has 0 amide bonds. The minimum atomic E-state index is -8.56. The molecule has 0 spiro atoms. The maximum absolute atomic E-state index is 14.6. The summed E-state index contributed by atoms with van der Waals surface area (Å²) in [6, 6.07) is -1.94. The Bertz CT molecular complexity index is 713. The van der Waals surface area contributed by atoms with Gasteiger partial charge in [-0.25, -0.2) is 8.78 Å². The van der Waals surface area contributed by atoms with E-state index in [2.05, 4.69) is 0 Å². The molecule has 1 aliphatic heterocycles. The van der Waals surface area contributed by atoms with Gasteiger partial charge >= 0.3 is 41.7 Å². The maximum Gasteiger partial charge on any atom is 0.460 e. The van der Waals surface area contributed by atoms with E-state index in [0.29, 0.717) is 0 Å². The molecule has 0 bridgehead atoms. The quantitative estimate of drug-likeness (QED) is 0.299. The van der Waals surface area contributed by atoms with Gasteiger partial charge in [0, 0.05) is 15.2 Å². The molecule has 1 saturated heterocycles. The van der Waals surface area contributed by atoms with E-state index < -0.39 is 91.4 Å². The molecule has 33 heavy (non-hydrogen) atoms. The molecule has 0 saturated carbocycles. The minimum absolute atomic E-state index is 0.668. The lowest BCUT2D eigenvalue weighted by Gasteiger charge is -2.48. The molecule has 0 aromatic rings. The Labute approximate surface area is 178 Å². The zero-order valence-corrected chi connectivity index (χ0v) is 19.7. The number of hydrogen-bond acceptors (Lipinski definition) is 1. The smallest absolute Gasteiger partial charge is 0.428 e. The summed E-state index contributed by atoms with van der Waals surface area (Å²) in [7, 11) is -9.34. The third-order valence-corrected chi connectivity index (χ3v) is 30.1. The first kappa shape index (κ1) is 30.5. The van der Waals surface area contributed by atoms with Crippen LogP contribution in [0.4, 0.5) is 74.6 Å². The van der Waals surface area contributed by atoms with Gasteiger partial charge in [0.05, 0.1) is 0 Å². The van der Waals surface area contributed by atoms with Crippen molar-refractivity contribution < 1.29 is 79.1 Å². The second kappa shape index (κ2) is 8.24. The Balaban J connectivity index is 3.70. The molecule has 1 heterocycles. The highest BCUT2D eigenvalue weighted by Gasteiger charge is 2.95. The van der Waals surface area contributed by atoms with E-state index in [9.17, 15) is 74.6 Å². The van der Waals surface area contributed by atoms with Gasteiger partial charge in [-0.3, -0.25) is 0 Å². The summed E-state index contributed by atoms with van der Waals surface area (Å²) in [5.74, 6) is -49.3. The van der Waals surface area contributed by atoms with Crippen molar-refractivity contribution in [3.63, 3.8) is 0 Å². The summed E-state index contributed by atoms with van der Waals surface area (Å²) in [5.41, 5.74) is -6.14. The van der Waals surface area contributed by atoms with Crippen molar-refractivity contribution in [1.82, 2.24) is 0 Å². The van der Waals surface area contributed by atoms with Gasteiger partial charge in [-0.05, 0) is 6.04 Å². The van der Waals surface area contributed by atoms with E-state index in [0.717, 1.165) is 6.92 Å². The molecule has 198 valence electrons. The predicted molar refractivity (Wildman–Crippen MR) is 84.8 cm³/mol. The molecule has 0 aromatic carbocycles. The summed E-state index contributed by atoms with van der Waals surface area (Å²) in [5, 5.41) is 0. The number of hydrogen-bond donors (Lipinski definition) is 0. The van der Waals surface area contributed by atoms with Crippen LogP contribution in [0.2, 0.25) is 12.1 Å². The van der Waals surface area contributed by atoms with Crippen molar-refractivity contribution in [2.45, 2.75) is 66.3 Å². The molecule has 1 fully saturated rings. The van der Waals surface area contributed by atoms with Gasteiger partial charge in [0.2, 0.25) is 0 Å².